The van der Waals surface area contributed by atoms with E-state index >= 15 is 0 Å². The highest BCUT2D eigenvalue weighted by molar-refractivity contribution is 8.19. The van der Waals surface area contributed by atoms with Crippen LogP contribution in [-0.2, 0) is 14.8 Å². The molecule has 150 valence electrons. The van der Waals surface area contributed by atoms with Gasteiger partial charge in [-0.2, -0.15) is 8.42 Å². The largest absolute Gasteiger partial charge is 0.286 e. The molecule has 0 atom stereocenters. The molecular formula is C19H17N3O5S2. The molecule has 0 radical (unpaired) electrons. The number of carbonyl (C=O) groups excluding carboxylic acids is 1. The molecule has 2 aromatic carbocycles. The molecule has 0 bridgehead atoms. The van der Waals surface area contributed by atoms with Gasteiger partial charge in [-0.05, 0) is 61.5 Å². The van der Waals surface area contributed by atoms with Crippen LogP contribution >= 0.6 is 11.8 Å². The lowest BCUT2D eigenvalue weighted by molar-refractivity contribution is -0.384. The van der Waals surface area contributed by atoms with Gasteiger partial charge in [-0.15, -0.1) is 4.40 Å². The number of likely N-dealkylation sites (N-methyl/N-ethyl adjacent to an activating group) is 1. The summed E-state index contributed by atoms with van der Waals surface area (Å²) in [6, 6.07) is 12.0. The molecule has 1 aliphatic rings. The molecule has 0 aliphatic carbocycles. The molecule has 0 saturated carbocycles. The van der Waals surface area contributed by atoms with E-state index in [1.165, 1.54) is 41.3 Å². The van der Waals surface area contributed by atoms with Crippen LogP contribution in [0.1, 0.15) is 18.1 Å². The number of hydrogen-bond donors (Lipinski definition) is 0. The Balaban J connectivity index is 1.93. The molecule has 1 fully saturated rings. The second-order valence-corrected chi connectivity index (χ2v) is 8.78. The van der Waals surface area contributed by atoms with Gasteiger partial charge in [0.1, 0.15) is 0 Å². The molecule has 1 amide bonds. The fourth-order valence-electron chi connectivity index (χ4n) is 2.56. The van der Waals surface area contributed by atoms with Crippen molar-refractivity contribution in [2.24, 2.45) is 4.40 Å². The molecule has 2 aromatic rings. The van der Waals surface area contributed by atoms with Gasteiger partial charge in [0.15, 0.2) is 5.17 Å². The number of amidine groups is 1. The number of nitrogens with zero attached hydrogens (tertiary/aromatic N) is 3. The van der Waals surface area contributed by atoms with Crippen molar-refractivity contribution < 1.29 is 18.1 Å². The van der Waals surface area contributed by atoms with Gasteiger partial charge < -0.3 is 0 Å². The third-order valence-electron chi connectivity index (χ3n) is 4.12. The van der Waals surface area contributed by atoms with Gasteiger partial charge in [-0.3, -0.25) is 19.8 Å². The van der Waals surface area contributed by atoms with Gasteiger partial charge in [0.05, 0.1) is 14.7 Å². The van der Waals surface area contributed by atoms with Gasteiger partial charge >= 0.3 is 0 Å². The van der Waals surface area contributed by atoms with E-state index in [1.807, 2.05) is 6.92 Å². The molecule has 0 aromatic heterocycles. The molecule has 3 rings (SSSR count). The SMILES string of the molecule is CCN1C(=O)C(=Cc2ccc([N+](=O)[O-])cc2)SC1=NS(=O)(=O)c1ccc(C)cc1. The van der Waals surface area contributed by atoms with Crippen molar-refractivity contribution in [1.82, 2.24) is 4.90 Å². The molecule has 29 heavy (non-hydrogen) atoms. The molecule has 0 spiro atoms. The number of carbonyl (C=O) groups is 1. The Morgan fingerprint density at radius 3 is 2.31 bits per heavy atom. The number of nitro benzene ring substituents is 1. The number of thioether (sulfide) groups is 1. The average Bonchev–Trinajstić information content (AvgIpc) is 2.96. The maximum atomic E-state index is 12.6. The molecule has 0 unspecified atom stereocenters. The minimum absolute atomic E-state index is 0.0486. The van der Waals surface area contributed by atoms with Crippen molar-refractivity contribution in [3.8, 4) is 0 Å². The number of amides is 1. The minimum atomic E-state index is -3.97. The second kappa shape index (κ2) is 8.18. The number of benzene rings is 2. The zero-order valence-electron chi connectivity index (χ0n) is 15.6. The normalized spacial score (nSPS) is 17.3. The Morgan fingerprint density at radius 2 is 1.76 bits per heavy atom. The molecule has 10 heteroatoms. The smallest absolute Gasteiger partial charge is 0.284 e. The predicted molar refractivity (Wildman–Crippen MR) is 112 cm³/mol. The van der Waals surface area contributed by atoms with Crippen LogP contribution in [0.4, 0.5) is 5.69 Å². The van der Waals surface area contributed by atoms with Crippen LogP contribution < -0.4 is 0 Å². The van der Waals surface area contributed by atoms with Gasteiger partial charge in [0.25, 0.3) is 21.6 Å². The van der Waals surface area contributed by atoms with Crippen LogP contribution in [0.15, 0.2) is 62.7 Å². The van der Waals surface area contributed by atoms with Crippen LogP contribution in [0.5, 0.6) is 0 Å². The Bertz CT molecular complexity index is 1120. The summed E-state index contributed by atoms with van der Waals surface area (Å²) in [6.07, 6.45) is 1.56. The quantitative estimate of drug-likeness (QED) is 0.406. The zero-order chi connectivity index (χ0) is 21.2. The fourth-order valence-corrected chi connectivity index (χ4v) is 4.81. The van der Waals surface area contributed by atoms with Crippen molar-refractivity contribution in [3.63, 3.8) is 0 Å². The monoisotopic (exact) mass is 431 g/mol. The van der Waals surface area contributed by atoms with E-state index in [1.54, 1.807) is 25.1 Å². The first-order valence-electron chi connectivity index (χ1n) is 8.59. The Hall–Kier alpha value is -2.98. The van der Waals surface area contributed by atoms with Crippen LogP contribution in [0.2, 0.25) is 0 Å². The number of sulfonamides is 1. The summed E-state index contributed by atoms with van der Waals surface area (Å²) in [7, 11) is -3.97. The number of non-ortho nitro benzene ring substituents is 1. The Morgan fingerprint density at radius 1 is 1.14 bits per heavy atom. The van der Waals surface area contributed by atoms with Crippen molar-refractivity contribution in [2.75, 3.05) is 6.54 Å². The molecule has 0 N–H and O–H groups in total. The maximum absolute atomic E-state index is 12.6. The predicted octanol–water partition coefficient (Wildman–Crippen LogP) is 3.58. The third kappa shape index (κ3) is 4.54. The summed E-state index contributed by atoms with van der Waals surface area (Å²) >= 11 is 0.956. The first-order valence-corrected chi connectivity index (χ1v) is 10.8. The van der Waals surface area contributed by atoms with E-state index in [4.69, 9.17) is 0 Å². The summed E-state index contributed by atoms with van der Waals surface area (Å²) in [6.45, 7) is 3.83. The topological polar surface area (TPSA) is 110 Å². The van der Waals surface area contributed by atoms with Crippen LogP contribution in [0.25, 0.3) is 6.08 Å². The van der Waals surface area contributed by atoms with Gasteiger partial charge in [0, 0.05) is 18.7 Å². The van der Waals surface area contributed by atoms with E-state index in [-0.39, 0.29) is 28.2 Å². The van der Waals surface area contributed by atoms with Crippen LogP contribution in [0.3, 0.4) is 0 Å². The highest BCUT2D eigenvalue weighted by atomic mass is 32.2. The second-order valence-electron chi connectivity index (χ2n) is 6.17. The minimum Gasteiger partial charge on any atom is -0.286 e. The van der Waals surface area contributed by atoms with Crippen molar-refractivity contribution in [2.45, 2.75) is 18.7 Å². The number of rotatable bonds is 5. The third-order valence-corrected chi connectivity index (χ3v) is 6.53. The molecule has 8 nitrogen and oxygen atoms in total. The van der Waals surface area contributed by atoms with E-state index < -0.39 is 14.9 Å². The summed E-state index contributed by atoms with van der Waals surface area (Å²) in [5.74, 6) is -0.367. The van der Waals surface area contributed by atoms with E-state index in [0.717, 1.165) is 17.3 Å². The molecule has 1 saturated heterocycles. The molecular weight excluding hydrogens is 414 g/mol. The molecule has 1 aliphatic heterocycles. The number of hydrogen-bond acceptors (Lipinski definition) is 6. The van der Waals surface area contributed by atoms with Crippen LogP contribution in [0, 0.1) is 17.0 Å². The van der Waals surface area contributed by atoms with Gasteiger partial charge in [0.2, 0.25) is 0 Å². The lowest BCUT2D eigenvalue weighted by Crippen LogP contribution is -2.29. The lowest BCUT2D eigenvalue weighted by atomic mass is 10.2. The fraction of sp³-hybridized carbons (Fsp3) is 0.158. The van der Waals surface area contributed by atoms with Crippen molar-refractivity contribution >= 4 is 44.6 Å². The Labute approximate surface area is 172 Å². The Kier molecular flexibility index (Phi) is 5.85. The highest BCUT2D eigenvalue weighted by Crippen LogP contribution is 2.33. The van der Waals surface area contributed by atoms with Gasteiger partial charge in [-0.25, -0.2) is 0 Å². The maximum Gasteiger partial charge on any atom is 0.284 e. The summed E-state index contributed by atoms with van der Waals surface area (Å²) in [5.41, 5.74) is 1.45. The summed E-state index contributed by atoms with van der Waals surface area (Å²) in [4.78, 5) is 24.5. The standard InChI is InChI=1S/C19H17N3O5S2/c1-3-21-18(23)17(12-14-6-8-15(9-7-14)22(24)25)28-19(21)20-29(26,27)16-10-4-13(2)5-11-16/h4-12H,3H2,1-2H3. The van der Waals surface area contributed by atoms with E-state index in [9.17, 15) is 23.3 Å². The zero-order valence-corrected chi connectivity index (χ0v) is 17.2. The van der Waals surface area contributed by atoms with Crippen LogP contribution in [-0.4, -0.2) is 35.9 Å². The number of aryl methyl sites for hydroxylation is 1. The molecule has 1 heterocycles. The van der Waals surface area contributed by atoms with Crippen molar-refractivity contribution in [3.05, 3.63) is 74.7 Å². The van der Waals surface area contributed by atoms with Gasteiger partial charge in [-0.1, -0.05) is 17.7 Å². The average molecular weight is 431 g/mol. The van der Waals surface area contributed by atoms with Crippen molar-refractivity contribution in [1.29, 1.82) is 0 Å². The van der Waals surface area contributed by atoms with E-state index in [2.05, 4.69) is 4.40 Å². The first-order chi connectivity index (χ1) is 13.7. The summed E-state index contributed by atoms with van der Waals surface area (Å²) < 4.78 is 29.1. The highest BCUT2D eigenvalue weighted by Gasteiger charge is 2.34. The lowest BCUT2D eigenvalue weighted by Gasteiger charge is -2.11. The number of nitro groups is 1. The first kappa shape index (κ1) is 20.7. The summed E-state index contributed by atoms with van der Waals surface area (Å²) in [5, 5.41) is 10.8. The van der Waals surface area contributed by atoms with E-state index in [0.29, 0.717) is 10.5 Å².